The molecule has 4 nitrogen and oxygen atoms in total. The summed E-state index contributed by atoms with van der Waals surface area (Å²) in [6, 6.07) is 21.6. The molecule has 30 heavy (non-hydrogen) atoms. The zero-order valence-electron chi connectivity index (χ0n) is 16.4. The summed E-state index contributed by atoms with van der Waals surface area (Å²) in [4.78, 5) is 6.94. The van der Waals surface area contributed by atoms with Crippen molar-refractivity contribution >= 4 is 40.8 Å². The van der Waals surface area contributed by atoms with Gasteiger partial charge in [0, 0.05) is 30.6 Å². The Morgan fingerprint density at radius 1 is 0.933 bits per heavy atom. The van der Waals surface area contributed by atoms with Gasteiger partial charge < -0.3 is 14.4 Å². The van der Waals surface area contributed by atoms with Gasteiger partial charge in [-0.3, -0.25) is 4.99 Å². The maximum absolute atomic E-state index is 6.09. The molecule has 0 radical (unpaired) electrons. The van der Waals surface area contributed by atoms with Gasteiger partial charge in [0.2, 0.25) is 0 Å². The van der Waals surface area contributed by atoms with Crippen molar-refractivity contribution in [3.8, 4) is 5.75 Å². The number of anilines is 1. The third-order valence-electron chi connectivity index (χ3n) is 4.88. The first kappa shape index (κ1) is 20.7. The summed E-state index contributed by atoms with van der Waals surface area (Å²) in [6.07, 6.45) is 1.83. The smallest absolute Gasteiger partial charge is 0.128 e. The van der Waals surface area contributed by atoms with Crippen molar-refractivity contribution in [1.29, 1.82) is 0 Å². The fraction of sp³-hybridized carbons (Fsp3) is 0.208. The lowest BCUT2D eigenvalue weighted by Gasteiger charge is -2.28. The molecule has 6 heteroatoms. The second-order valence-corrected chi connectivity index (χ2v) is 7.76. The van der Waals surface area contributed by atoms with Gasteiger partial charge in [0.1, 0.15) is 12.4 Å². The summed E-state index contributed by atoms with van der Waals surface area (Å²) in [5, 5.41) is 1.06. The Morgan fingerprint density at radius 3 is 2.47 bits per heavy atom. The normalized spacial score (nSPS) is 14.3. The molecular formula is C24H22Cl2N2O2. The van der Waals surface area contributed by atoms with Gasteiger partial charge in [-0.05, 0) is 54.1 Å². The number of nitrogens with zero attached hydrogens (tertiary/aromatic N) is 2. The lowest BCUT2D eigenvalue weighted by atomic mass is 10.2. The molecule has 1 aliphatic rings. The highest BCUT2D eigenvalue weighted by Crippen LogP contribution is 2.25. The minimum atomic E-state index is 0.399. The lowest BCUT2D eigenvalue weighted by molar-refractivity contribution is 0.122. The summed E-state index contributed by atoms with van der Waals surface area (Å²) in [7, 11) is 0. The van der Waals surface area contributed by atoms with Gasteiger partial charge in [-0.1, -0.05) is 41.4 Å². The first-order valence-corrected chi connectivity index (χ1v) is 10.6. The van der Waals surface area contributed by atoms with Crippen molar-refractivity contribution < 1.29 is 9.47 Å². The highest BCUT2D eigenvalue weighted by molar-refractivity contribution is 6.42. The van der Waals surface area contributed by atoms with Gasteiger partial charge in [0.05, 0.1) is 28.9 Å². The van der Waals surface area contributed by atoms with Crippen molar-refractivity contribution in [2.75, 3.05) is 31.2 Å². The Bertz CT molecular complexity index is 1020. The van der Waals surface area contributed by atoms with Crippen LogP contribution >= 0.6 is 23.2 Å². The summed E-state index contributed by atoms with van der Waals surface area (Å²) in [5.74, 6) is 0.761. The minimum Gasteiger partial charge on any atom is -0.488 e. The van der Waals surface area contributed by atoms with Crippen molar-refractivity contribution in [3.05, 3.63) is 87.9 Å². The van der Waals surface area contributed by atoms with E-state index in [1.807, 2.05) is 54.7 Å². The molecule has 0 atom stereocenters. The molecule has 0 saturated carbocycles. The van der Waals surface area contributed by atoms with E-state index in [2.05, 4.69) is 22.0 Å². The molecule has 154 valence electrons. The molecule has 0 amide bonds. The second-order valence-electron chi connectivity index (χ2n) is 6.95. The molecule has 0 unspecified atom stereocenters. The van der Waals surface area contributed by atoms with Crippen LogP contribution in [-0.4, -0.2) is 32.5 Å². The summed E-state index contributed by atoms with van der Waals surface area (Å²) >= 11 is 12.1. The molecule has 1 fully saturated rings. The number of rotatable bonds is 6. The summed E-state index contributed by atoms with van der Waals surface area (Å²) < 4.78 is 11.4. The quantitative estimate of drug-likeness (QED) is 0.430. The Morgan fingerprint density at radius 2 is 1.70 bits per heavy atom. The number of benzene rings is 3. The van der Waals surface area contributed by atoms with Crippen molar-refractivity contribution in [2.45, 2.75) is 6.61 Å². The van der Waals surface area contributed by atoms with Crippen LogP contribution in [0.25, 0.3) is 0 Å². The SMILES string of the molecule is Clc1ccc(COc2ccccc2C=Nc2ccc(N3CCOCC3)cc2)cc1Cl. The van der Waals surface area contributed by atoms with Crippen molar-refractivity contribution in [3.63, 3.8) is 0 Å². The van der Waals surface area contributed by atoms with Gasteiger partial charge in [0.25, 0.3) is 0 Å². The van der Waals surface area contributed by atoms with Crippen LogP contribution < -0.4 is 9.64 Å². The molecule has 0 bridgehead atoms. The van der Waals surface area contributed by atoms with Crippen LogP contribution in [0.5, 0.6) is 5.75 Å². The van der Waals surface area contributed by atoms with Crippen LogP contribution in [0.3, 0.4) is 0 Å². The second kappa shape index (κ2) is 9.98. The Balaban J connectivity index is 1.43. The maximum atomic E-state index is 6.09. The maximum Gasteiger partial charge on any atom is 0.128 e. The third kappa shape index (κ3) is 5.33. The molecule has 0 aromatic heterocycles. The molecule has 0 spiro atoms. The number of ether oxygens (including phenoxy) is 2. The lowest BCUT2D eigenvalue weighted by Crippen LogP contribution is -2.36. The summed E-state index contributed by atoms with van der Waals surface area (Å²) in [6.45, 7) is 3.80. The van der Waals surface area contributed by atoms with Crippen molar-refractivity contribution in [2.24, 2.45) is 4.99 Å². The Hall–Kier alpha value is -2.53. The molecular weight excluding hydrogens is 419 g/mol. The predicted molar refractivity (Wildman–Crippen MR) is 124 cm³/mol. The van der Waals surface area contributed by atoms with Gasteiger partial charge in [0.15, 0.2) is 0 Å². The molecule has 1 heterocycles. The van der Waals surface area contributed by atoms with E-state index in [-0.39, 0.29) is 0 Å². The number of aliphatic imine (C=N–C) groups is 1. The number of halogens is 2. The van der Waals surface area contributed by atoms with Crippen LogP contribution in [0.4, 0.5) is 11.4 Å². The fourth-order valence-corrected chi connectivity index (χ4v) is 3.54. The molecule has 3 aromatic carbocycles. The highest BCUT2D eigenvalue weighted by Gasteiger charge is 2.10. The zero-order valence-corrected chi connectivity index (χ0v) is 17.9. The first-order valence-electron chi connectivity index (χ1n) is 9.81. The summed E-state index contributed by atoms with van der Waals surface area (Å²) in [5.41, 5.74) is 3.96. The van der Waals surface area contributed by atoms with Gasteiger partial charge in [-0.15, -0.1) is 0 Å². The number of hydrogen-bond acceptors (Lipinski definition) is 4. The molecule has 1 aliphatic heterocycles. The van der Waals surface area contributed by atoms with E-state index in [1.54, 1.807) is 6.07 Å². The van der Waals surface area contributed by atoms with E-state index in [0.717, 1.165) is 48.9 Å². The zero-order chi connectivity index (χ0) is 20.8. The largest absolute Gasteiger partial charge is 0.488 e. The Kier molecular flexibility index (Phi) is 6.90. The number of para-hydroxylation sites is 1. The van der Waals surface area contributed by atoms with E-state index in [1.165, 1.54) is 5.69 Å². The van der Waals surface area contributed by atoms with E-state index < -0.39 is 0 Å². The monoisotopic (exact) mass is 440 g/mol. The molecule has 0 N–H and O–H groups in total. The fourth-order valence-electron chi connectivity index (χ4n) is 3.22. The van der Waals surface area contributed by atoms with Crippen molar-refractivity contribution in [1.82, 2.24) is 0 Å². The van der Waals surface area contributed by atoms with Gasteiger partial charge in [-0.25, -0.2) is 0 Å². The standard InChI is InChI=1S/C24H22Cl2N2O2/c25-22-10-5-18(15-23(22)26)17-30-24-4-2-1-3-19(24)16-27-20-6-8-21(9-7-20)28-11-13-29-14-12-28/h1-10,15-16H,11-14,17H2. The molecule has 4 rings (SSSR count). The average molecular weight is 441 g/mol. The molecule has 1 saturated heterocycles. The van der Waals surface area contributed by atoms with Gasteiger partial charge in [-0.2, -0.15) is 0 Å². The van der Waals surface area contributed by atoms with E-state index in [0.29, 0.717) is 16.7 Å². The van der Waals surface area contributed by atoms with E-state index in [4.69, 9.17) is 32.7 Å². The predicted octanol–water partition coefficient (Wildman–Crippen LogP) is 6.16. The van der Waals surface area contributed by atoms with Crippen LogP contribution in [0, 0.1) is 0 Å². The van der Waals surface area contributed by atoms with Crippen LogP contribution in [0.2, 0.25) is 10.0 Å². The minimum absolute atomic E-state index is 0.399. The van der Waals surface area contributed by atoms with Gasteiger partial charge >= 0.3 is 0 Å². The number of hydrogen-bond donors (Lipinski definition) is 0. The Labute approximate surface area is 186 Å². The third-order valence-corrected chi connectivity index (χ3v) is 5.62. The highest BCUT2D eigenvalue weighted by atomic mass is 35.5. The van der Waals surface area contributed by atoms with E-state index >= 15 is 0 Å². The topological polar surface area (TPSA) is 34.1 Å². The average Bonchev–Trinajstić information content (AvgIpc) is 2.80. The first-order chi connectivity index (χ1) is 14.7. The molecule has 3 aromatic rings. The number of morpholine rings is 1. The van der Waals surface area contributed by atoms with Crippen LogP contribution in [-0.2, 0) is 11.3 Å². The van der Waals surface area contributed by atoms with E-state index in [9.17, 15) is 0 Å². The van der Waals surface area contributed by atoms with Crippen LogP contribution in [0.15, 0.2) is 71.7 Å². The molecule has 0 aliphatic carbocycles. The van der Waals surface area contributed by atoms with Crippen LogP contribution in [0.1, 0.15) is 11.1 Å².